The Bertz CT molecular complexity index is 150. The lowest BCUT2D eigenvalue weighted by Gasteiger charge is -2.05. The number of hydrogen-bond donors (Lipinski definition) is 1. The zero-order chi connectivity index (χ0) is 9.40. The van der Waals surface area contributed by atoms with Gasteiger partial charge in [-0.15, -0.1) is 0 Å². The van der Waals surface area contributed by atoms with Gasteiger partial charge in [0.2, 0.25) is 0 Å². The summed E-state index contributed by atoms with van der Waals surface area (Å²) in [6.45, 7) is 4.08. The van der Waals surface area contributed by atoms with E-state index in [0.717, 1.165) is 25.7 Å². The Morgan fingerprint density at radius 3 is 2.58 bits per heavy atom. The van der Waals surface area contributed by atoms with Crippen LogP contribution in [0.25, 0.3) is 0 Å². The van der Waals surface area contributed by atoms with Gasteiger partial charge in [0.15, 0.2) is 0 Å². The molecule has 0 aromatic rings. The minimum atomic E-state index is -0.701. The van der Waals surface area contributed by atoms with Crippen LogP contribution in [0.15, 0.2) is 12.2 Å². The van der Waals surface area contributed by atoms with Gasteiger partial charge in [-0.3, -0.25) is 4.79 Å². The SMILES string of the molecule is CCC=CC(CCCC)C(=O)O. The first-order valence-electron chi connectivity index (χ1n) is 4.61. The lowest BCUT2D eigenvalue weighted by atomic mass is 10.0. The first-order valence-corrected chi connectivity index (χ1v) is 4.61. The first-order chi connectivity index (χ1) is 5.72. The van der Waals surface area contributed by atoms with Gasteiger partial charge < -0.3 is 5.11 Å². The van der Waals surface area contributed by atoms with Gasteiger partial charge in [0, 0.05) is 0 Å². The first kappa shape index (κ1) is 11.2. The average Bonchev–Trinajstić information content (AvgIpc) is 2.04. The molecule has 0 radical (unpaired) electrons. The second-order valence-corrected chi connectivity index (χ2v) is 2.92. The lowest BCUT2D eigenvalue weighted by molar-refractivity contribution is -0.140. The van der Waals surface area contributed by atoms with Crippen LogP contribution < -0.4 is 0 Å². The number of unbranched alkanes of at least 4 members (excludes halogenated alkanes) is 1. The van der Waals surface area contributed by atoms with Crippen molar-refractivity contribution in [3.63, 3.8) is 0 Å². The largest absolute Gasteiger partial charge is 0.481 e. The molecule has 1 N–H and O–H groups in total. The van der Waals surface area contributed by atoms with Crippen LogP contribution in [0.1, 0.15) is 39.5 Å². The summed E-state index contributed by atoms with van der Waals surface area (Å²) >= 11 is 0. The van der Waals surface area contributed by atoms with Crippen molar-refractivity contribution in [1.82, 2.24) is 0 Å². The third kappa shape index (κ3) is 4.94. The summed E-state index contributed by atoms with van der Waals surface area (Å²) < 4.78 is 0. The quantitative estimate of drug-likeness (QED) is 0.622. The standard InChI is InChI=1S/C10H18O2/c1-3-5-7-9(10(11)12)8-6-4-2/h5,7,9H,3-4,6,8H2,1-2H3,(H,11,12). The Kier molecular flexibility index (Phi) is 6.44. The molecule has 0 aliphatic heterocycles. The van der Waals surface area contributed by atoms with Crippen molar-refractivity contribution < 1.29 is 9.90 Å². The van der Waals surface area contributed by atoms with Gasteiger partial charge in [0.1, 0.15) is 0 Å². The zero-order valence-electron chi connectivity index (χ0n) is 7.92. The Balaban J connectivity index is 3.86. The number of hydrogen-bond acceptors (Lipinski definition) is 1. The van der Waals surface area contributed by atoms with E-state index in [1.54, 1.807) is 6.08 Å². The fourth-order valence-corrected chi connectivity index (χ4v) is 1.03. The van der Waals surface area contributed by atoms with Crippen molar-refractivity contribution in [2.45, 2.75) is 39.5 Å². The molecule has 2 heteroatoms. The van der Waals surface area contributed by atoms with Crippen molar-refractivity contribution in [2.24, 2.45) is 5.92 Å². The van der Waals surface area contributed by atoms with E-state index in [-0.39, 0.29) is 5.92 Å². The van der Waals surface area contributed by atoms with Gasteiger partial charge in [-0.2, -0.15) is 0 Å². The third-order valence-electron chi connectivity index (χ3n) is 1.79. The van der Waals surface area contributed by atoms with Crippen LogP contribution >= 0.6 is 0 Å². The molecule has 1 unspecified atom stereocenters. The number of carbonyl (C=O) groups is 1. The average molecular weight is 170 g/mol. The smallest absolute Gasteiger partial charge is 0.310 e. The summed E-state index contributed by atoms with van der Waals surface area (Å²) in [5, 5.41) is 8.78. The second kappa shape index (κ2) is 6.89. The highest BCUT2D eigenvalue weighted by Gasteiger charge is 2.11. The molecule has 0 bridgehead atoms. The Hall–Kier alpha value is -0.790. The molecule has 12 heavy (non-hydrogen) atoms. The molecule has 70 valence electrons. The minimum absolute atomic E-state index is 0.273. The molecule has 0 saturated carbocycles. The zero-order valence-corrected chi connectivity index (χ0v) is 7.92. The number of carboxylic acids is 1. The molecule has 1 atom stereocenters. The van der Waals surface area contributed by atoms with Crippen molar-refractivity contribution in [1.29, 1.82) is 0 Å². The van der Waals surface area contributed by atoms with E-state index in [1.165, 1.54) is 0 Å². The fraction of sp³-hybridized carbons (Fsp3) is 0.700. The van der Waals surface area contributed by atoms with Crippen LogP contribution in [0.3, 0.4) is 0 Å². The highest BCUT2D eigenvalue weighted by molar-refractivity contribution is 5.72. The van der Waals surface area contributed by atoms with Gasteiger partial charge in [-0.25, -0.2) is 0 Å². The molecular weight excluding hydrogens is 152 g/mol. The molecule has 0 saturated heterocycles. The summed E-state index contributed by atoms with van der Waals surface area (Å²) in [4.78, 5) is 10.7. The Labute approximate surface area is 74.3 Å². The predicted octanol–water partition coefficient (Wildman–Crippen LogP) is 2.84. The minimum Gasteiger partial charge on any atom is -0.481 e. The van der Waals surface area contributed by atoms with Crippen molar-refractivity contribution in [2.75, 3.05) is 0 Å². The van der Waals surface area contributed by atoms with E-state index < -0.39 is 5.97 Å². The second-order valence-electron chi connectivity index (χ2n) is 2.92. The summed E-state index contributed by atoms with van der Waals surface area (Å²) in [5.41, 5.74) is 0. The Morgan fingerprint density at radius 2 is 2.17 bits per heavy atom. The van der Waals surface area contributed by atoms with Crippen LogP contribution in [-0.2, 0) is 4.79 Å². The van der Waals surface area contributed by atoms with Crippen LogP contribution in [0.2, 0.25) is 0 Å². The maximum Gasteiger partial charge on any atom is 0.310 e. The summed E-state index contributed by atoms with van der Waals surface area (Å²) in [7, 11) is 0. The number of rotatable bonds is 6. The fourth-order valence-electron chi connectivity index (χ4n) is 1.03. The topological polar surface area (TPSA) is 37.3 Å². The van der Waals surface area contributed by atoms with Crippen LogP contribution in [0.5, 0.6) is 0 Å². The molecule has 0 aliphatic carbocycles. The van der Waals surface area contributed by atoms with E-state index in [0.29, 0.717) is 0 Å². The molecule has 0 heterocycles. The molecule has 0 aromatic heterocycles. The monoisotopic (exact) mass is 170 g/mol. The summed E-state index contributed by atoms with van der Waals surface area (Å²) in [5.74, 6) is -0.974. The van der Waals surface area contributed by atoms with Gasteiger partial charge in [-0.05, 0) is 12.8 Å². The van der Waals surface area contributed by atoms with Crippen LogP contribution in [-0.4, -0.2) is 11.1 Å². The van der Waals surface area contributed by atoms with Gasteiger partial charge in [0.25, 0.3) is 0 Å². The molecular formula is C10H18O2. The highest BCUT2D eigenvalue weighted by atomic mass is 16.4. The third-order valence-corrected chi connectivity index (χ3v) is 1.79. The molecule has 0 amide bonds. The molecule has 0 aliphatic rings. The molecule has 0 aromatic carbocycles. The van der Waals surface area contributed by atoms with E-state index in [2.05, 4.69) is 6.92 Å². The number of aliphatic carboxylic acids is 1. The van der Waals surface area contributed by atoms with Gasteiger partial charge >= 0.3 is 5.97 Å². The molecule has 0 fully saturated rings. The Morgan fingerprint density at radius 1 is 1.50 bits per heavy atom. The highest BCUT2D eigenvalue weighted by Crippen LogP contribution is 2.10. The maximum absolute atomic E-state index is 10.7. The molecule has 0 rings (SSSR count). The predicted molar refractivity (Wildman–Crippen MR) is 50.1 cm³/mol. The van der Waals surface area contributed by atoms with Crippen molar-refractivity contribution >= 4 is 5.97 Å². The van der Waals surface area contributed by atoms with Crippen molar-refractivity contribution in [3.8, 4) is 0 Å². The van der Waals surface area contributed by atoms with Gasteiger partial charge in [-0.1, -0.05) is 38.8 Å². The number of carboxylic acid groups (broad SMARTS) is 1. The maximum atomic E-state index is 10.7. The summed E-state index contributed by atoms with van der Waals surface area (Å²) in [6.07, 6.45) is 7.46. The number of allylic oxidation sites excluding steroid dienone is 1. The van der Waals surface area contributed by atoms with Crippen LogP contribution in [0, 0.1) is 5.92 Å². The van der Waals surface area contributed by atoms with E-state index >= 15 is 0 Å². The molecule has 0 spiro atoms. The van der Waals surface area contributed by atoms with E-state index in [4.69, 9.17) is 5.11 Å². The van der Waals surface area contributed by atoms with Crippen molar-refractivity contribution in [3.05, 3.63) is 12.2 Å². The van der Waals surface area contributed by atoms with Gasteiger partial charge in [0.05, 0.1) is 5.92 Å². The van der Waals surface area contributed by atoms with E-state index in [1.807, 2.05) is 13.0 Å². The molecule has 2 nitrogen and oxygen atoms in total. The normalized spacial score (nSPS) is 13.5. The van der Waals surface area contributed by atoms with E-state index in [9.17, 15) is 4.79 Å². The van der Waals surface area contributed by atoms with Crippen LogP contribution in [0.4, 0.5) is 0 Å². The summed E-state index contributed by atoms with van der Waals surface area (Å²) in [6, 6.07) is 0. The lowest BCUT2D eigenvalue weighted by Crippen LogP contribution is -2.10.